The molecule has 0 bridgehead atoms. The van der Waals surface area contributed by atoms with Gasteiger partial charge in [-0.1, -0.05) is 24.3 Å². The number of hydrogen-bond donors (Lipinski definition) is 0. The van der Waals surface area contributed by atoms with Crippen LogP contribution in [0, 0.1) is 6.68 Å². The molecule has 0 N–H and O–H groups in total. The molecule has 0 aliphatic rings. The van der Waals surface area contributed by atoms with E-state index in [9.17, 15) is 33.0 Å². The van der Waals surface area contributed by atoms with Gasteiger partial charge in [0.1, 0.15) is 0 Å². The van der Waals surface area contributed by atoms with Crippen LogP contribution in [0.5, 0.6) is 0 Å². The van der Waals surface area contributed by atoms with Crippen molar-refractivity contribution in [3.05, 3.63) is 42.1 Å². The van der Waals surface area contributed by atoms with E-state index in [1.807, 2.05) is 0 Å². The van der Waals surface area contributed by atoms with E-state index in [-0.39, 0.29) is 30.6 Å². The second-order valence-electron chi connectivity index (χ2n) is 2.37. The average molecular weight is 299 g/mol. The minimum atomic E-state index is -3.08. The summed E-state index contributed by atoms with van der Waals surface area (Å²) in [5, 5.41) is 20.4. The molecule has 0 unspecified atom stereocenters. The third-order valence-corrected chi connectivity index (χ3v) is 1.36. The minimum Gasteiger partial charge on any atom is -0.545 e. The third kappa shape index (κ3) is 8.39. The summed E-state index contributed by atoms with van der Waals surface area (Å²) in [6.07, 6.45) is 0. The number of benzene rings is 1. The topological polar surface area (TPSA) is 80.3 Å². The SMILES string of the molecule is F[C-](F)F.O=C([O-])c1ccc(C(=O)[O-])cc1.[Zn+2]. The molecule has 0 aromatic heterocycles. The number of carbonyl (C=O) groups excluding carboxylic acids is 2. The van der Waals surface area contributed by atoms with Crippen LogP contribution in [0.15, 0.2) is 24.3 Å². The summed E-state index contributed by atoms with van der Waals surface area (Å²) in [7, 11) is 0. The largest absolute Gasteiger partial charge is 2.00 e. The Hall–Kier alpha value is -1.43. The van der Waals surface area contributed by atoms with Gasteiger partial charge in [-0.15, -0.1) is 0 Å². The van der Waals surface area contributed by atoms with Crippen molar-refractivity contribution in [1.82, 2.24) is 0 Å². The van der Waals surface area contributed by atoms with E-state index < -0.39 is 18.6 Å². The van der Waals surface area contributed by atoms with E-state index >= 15 is 0 Å². The molecule has 88 valence electrons. The predicted molar refractivity (Wildman–Crippen MR) is 41.7 cm³/mol. The first-order chi connectivity index (χ1) is 7.34. The standard InChI is InChI=1S/C8H6O4.CF3.Zn/c9-7(10)5-1-2-6(4-3-5)8(11)12;2-1(3)4;/h1-4H,(H,9,10)(H,11,12);;/q;-1;+2/p-2. The van der Waals surface area contributed by atoms with Crippen LogP contribution >= 0.6 is 0 Å². The van der Waals surface area contributed by atoms with Gasteiger partial charge in [0, 0.05) is 0 Å². The molecule has 0 amide bonds. The van der Waals surface area contributed by atoms with Crippen molar-refractivity contribution in [2.75, 3.05) is 0 Å². The number of aromatic carboxylic acids is 2. The predicted octanol–water partition coefficient (Wildman–Crippen LogP) is -0.247. The maximum atomic E-state index is 10.2. The van der Waals surface area contributed by atoms with Crippen molar-refractivity contribution in [3.8, 4) is 0 Å². The Labute approximate surface area is 107 Å². The molecule has 0 saturated heterocycles. The van der Waals surface area contributed by atoms with Gasteiger partial charge in [-0.05, 0) is 11.1 Å². The van der Waals surface area contributed by atoms with Gasteiger partial charge in [0.15, 0.2) is 6.68 Å². The first kappa shape index (κ1) is 18.0. The van der Waals surface area contributed by atoms with Crippen molar-refractivity contribution >= 4 is 11.9 Å². The molecule has 0 aliphatic carbocycles. The molecule has 1 aromatic rings. The smallest absolute Gasteiger partial charge is 0.545 e. The zero-order valence-electron chi connectivity index (χ0n) is 8.28. The Morgan fingerprint density at radius 3 is 1.18 bits per heavy atom. The zero-order valence-corrected chi connectivity index (χ0v) is 11.3. The molecule has 0 spiro atoms. The van der Waals surface area contributed by atoms with E-state index in [0.29, 0.717) is 0 Å². The number of rotatable bonds is 2. The van der Waals surface area contributed by atoms with Crippen molar-refractivity contribution < 1.29 is 52.5 Å². The molecule has 0 radical (unpaired) electrons. The summed E-state index contributed by atoms with van der Waals surface area (Å²) >= 11 is 0. The Morgan fingerprint density at radius 1 is 0.882 bits per heavy atom. The van der Waals surface area contributed by atoms with Crippen LogP contribution in [-0.4, -0.2) is 11.9 Å². The van der Waals surface area contributed by atoms with E-state index in [0.717, 1.165) is 24.3 Å². The van der Waals surface area contributed by atoms with Crippen LogP contribution in [0.3, 0.4) is 0 Å². The zero-order chi connectivity index (χ0) is 12.7. The van der Waals surface area contributed by atoms with Gasteiger partial charge in [0.2, 0.25) is 0 Å². The molecule has 0 aliphatic heterocycles. The summed E-state index contributed by atoms with van der Waals surface area (Å²) in [5.41, 5.74) is -0.111. The molecule has 0 fully saturated rings. The summed E-state index contributed by atoms with van der Waals surface area (Å²) in [6.45, 7) is -3.08. The number of halogens is 3. The number of carboxylic acid groups (broad SMARTS) is 2. The van der Waals surface area contributed by atoms with Gasteiger partial charge in [-0.2, -0.15) is 0 Å². The molecule has 0 heterocycles. The maximum Gasteiger partial charge on any atom is 2.00 e. The Bertz CT molecular complexity index is 331. The quantitative estimate of drug-likeness (QED) is 0.557. The summed E-state index contributed by atoms with van der Waals surface area (Å²) in [4.78, 5) is 20.4. The van der Waals surface area contributed by atoms with Crippen LogP contribution < -0.4 is 10.2 Å². The second kappa shape index (κ2) is 8.69. The fourth-order valence-corrected chi connectivity index (χ4v) is 0.742. The molecule has 4 nitrogen and oxygen atoms in total. The van der Waals surface area contributed by atoms with Crippen LogP contribution in [0.25, 0.3) is 0 Å². The van der Waals surface area contributed by atoms with Crippen LogP contribution in [0.1, 0.15) is 20.7 Å². The van der Waals surface area contributed by atoms with E-state index in [1.54, 1.807) is 0 Å². The van der Waals surface area contributed by atoms with Gasteiger partial charge in [-0.25, -0.2) is 0 Å². The van der Waals surface area contributed by atoms with Gasteiger partial charge in [0.25, 0.3) is 0 Å². The van der Waals surface area contributed by atoms with Gasteiger partial charge in [0.05, 0.1) is 11.9 Å². The summed E-state index contributed by atoms with van der Waals surface area (Å²) < 4.78 is 28.8. The van der Waals surface area contributed by atoms with E-state index in [4.69, 9.17) is 0 Å². The number of hydrogen-bond acceptors (Lipinski definition) is 4. The van der Waals surface area contributed by atoms with Gasteiger partial charge >= 0.3 is 19.5 Å². The average Bonchev–Trinajstić information content (AvgIpc) is 2.17. The molecule has 1 rings (SSSR count). The normalized spacial score (nSPS) is 8.71. The first-order valence-electron chi connectivity index (χ1n) is 3.70. The molecule has 0 saturated carbocycles. The van der Waals surface area contributed by atoms with Crippen molar-refractivity contribution in [2.24, 2.45) is 0 Å². The summed E-state index contributed by atoms with van der Waals surface area (Å²) in [5.74, 6) is -2.67. The van der Waals surface area contributed by atoms with E-state index in [2.05, 4.69) is 0 Å². The van der Waals surface area contributed by atoms with Crippen molar-refractivity contribution in [2.45, 2.75) is 0 Å². The number of carbonyl (C=O) groups is 2. The molecular formula is C9H4F3O4Zn-. The molecule has 0 atom stereocenters. The second-order valence-corrected chi connectivity index (χ2v) is 2.37. The monoisotopic (exact) mass is 297 g/mol. The number of carboxylic acids is 2. The van der Waals surface area contributed by atoms with Crippen molar-refractivity contribution in [3.63, 3.8) is 0 Å². The molecule has 1 aromatic carbocycles. The molecular weight excluding hydrogens is 294 g/mol. The Balaban J connectivity index is 0. The van der Waals surface area contributed by atoms with Gasteiger partial charge < -0.3 is 33.0 Å². The summed E-state index contributed by atoms with van der Waals surface area (Å²) in [6, 6.07) is 4.61. The van der Waals surface area contributed by atoms with Crippen LogP contribution in [0.2, 0.25) is 0 Å². The molecule has 8 heteroatoms. The molecule has 17 heavy (non-hydrogen) atoms. The Kier molecular flexibility index (Phi) is 9.18. The fourth-order valence-electron chi connectivity index (χ4n) is 0.742. The fraction of sp³-hybridized carbons (Fsp3) is 0. The Morgan fingerprint density at radius 2 is 1.06 bits per heavy atom. The first-order valence-corrected chi connectivity index (χ1v) is 3.70. The van der Waals surface area contributed by atoms with Crippen molar-refractivity contribution in [1.29, 1.82) is 0 Å². The van der Waals surface area contributed by atoms with Crippen LogP contribution in [0.4, 0.5) is 13.2 Å². The third-order valence-electron chi connectivity index (χ3n) is 1.36. The van der Waals surface area contributed by atoms with E-state index in [1.165, 1.54) is 0 Å². The maximum absolute atomic E-state index is 10.2. The minimum absolute atomic E-state index is 0. The van der Waals surface area contributed by atoms with Gasteiger partial charge in [-0.3, -0.25) is 0 Å². The van der Waals surface area contributed by atoms with Crippen LogP contribution in [-0.2, 0) is 19.5 Å².